The van der Waals surface area contributed by atoms with Crippen LogP contribution in [-0.2, 0) is 9.59 Å². The average molecular weight is 356 g/mol. The maximum absolute atomic E-state index is 12.1. The number of nitrogens with one attached hydrogen (secondary N) is 1. The van der Waals surface area contributed by atoms with Crippen LogP contribution in [0.4, 0.5) is 0 Å². The van der Waals surface area contributed by atoms with Gasteiger partial charge < -0.3 is 15.3 Å². The summed E-state index contributed by atoms with van der Waals surface area (Å²) in [4.78, 5) is 26.1. The Hall–Kier alpha value is -2.14. The molecule has 0 aromatic heterocycles. The third-order valence-electron chi connectivity index (χ3n) is 6.07. The maximum atomic E-state index is 12.1. The van der Waals surface area contributed by atoms with Gasteiger partial charge in [0.25, 0.3) is 0 Å². The van der Waals surface area contributed by atoms with Gasteiger partial charge in [-0.3, -0.25) is 9.59 Å². The molecule has 2 fully saturated rings. The molecular weight excluding hydrogens is 328 g/mol. The van der Waals surface area contributed by atoms with Crippen LogP contribution in [0.15, 0.2) is 43.0 Å². The van der Waals surface area contributed by atoms with E-state index in [1.807, 2.05) is 6.07 Å². The fourth-order valence-corrected chi connectivity index (χ4v) is 4.64. The predicted octanol–water partition coefficient (Wildman–Crippen LogP) is 2.65. The molecule has 1 aliphatic heterocycles. The molecule has 2 aliphatic rings. The minimum atomic E-state index is -0.673. The van der Waals surface area contributed by atoms with Gasteiger partial charge in [0.15, 0.2) is 0 Å². The molecule has 140 valence electrons. The zero-order valence-electron chi connectivity index (χ0n) is 15.2. The van der Waals surface area contributed by atoms with Crippen LogP contribution < -0.4 is 5.32 Å². The third-order valence-corrected chi connectivity index (χ3v) is 6.07. The van der Waals surface area contributed by atoms with Gasteiger partial charge in [-0.05, 0) is 36.7 Å². The Morgan fingerprint density at radius 2 is 2.12 bits per heavy atom. The van der Waals surface area contributed by atoms with E-state index in [2.05, 4.69) is 41.1 Å². The van der Waals surface area contributed by atoms with Crippen LogP contribution in [-0.4, -0.2) is 48.1 Å². The van der Waals surface area contributed by atoms with Crippen molar-refractivity contribution < 1.29 is 14.7 Å². The van der Waals surface area contributed by atoms with Crippen molar-refractivity contribution in [2.45, 2.75) is 31.6 Å². The number of carbonyl (C=O) groups excluding carboxylic acids is 1. The van der Waals surface area contributed by atoms with Crippen LogP contribution in [0.3, 0.4) is 0 Å². The molecule has 0 spiro atoms. The Morgan fingerprint density at radius 1 is 1.35 bits per heavy atom. The Bertz CT molecular complexity index is 660. The second-order valence-electron chi connectivity index (χ2n) is 7.62. The summed E-state index contributed by atoms with van der Waals surface area (Å²) in [5.74, 6) is -0.0985. The first kappa shape index (κ1) is 18.6. The summed E-state index contributed by atoms with van der Waals surface area (Å²) in [5, 5.41) is 12.7. The summed E-state index contributed by atoms with van der Waals surface area (Å²) >= 11 is 0. The number of carbonyl (C=O) groups is 2. The summed E-state index contributed by atoms with van der Waals surface area (Å²) in [7, 11) is 0. The number of rotatable bonds is 7. The highest BCUT2D eigenvalue weighted by Gasteiger charge is 2.54. The molecular formula is C21H28N2O3. The zero-order chi connectivity index (χ0) is 18.6. The molecule has 26 heavy (non-hydrogen) atoms. The molecule has 1 saturated heterocycles. The van der Waals surface area contributed by atoms with E-state index in [4.69, 9.17) is 0 Å². The number of carboxylic acids is 1. The Balaban J connectivity index is 1.64. The van der Waals surface area contributed by atoms with Gasteiger partial charge >= 0.3 is 5.97 Å². The van der Waals surface area contributed by atoms with Crippen molar-refractivity contribution in [2.24, 2.45) is 11.3 Å². The molecule has 1 aliphatic carbocycles. The molecule has 3 rings (SSSR count). The van der Waals surface area contributed by atoms with E-state index < -0.39 is 11.4 Å². The zero-order valence-corrected chi connectivity index (χ0v) is 15.2. The summed E-state index contributed by atoms with van der Waals surface area (Å²) in [6.45, 7) is 6.00. The minimum absolute atomic E-state index is 0.00805. The number of hydrogen-bond acceptors (Lipinski definition) is 3. The fourth-order valence-electron chi connectivity index (χ4n) is 4.64. The first-order chi connectivity index (χ1) is 12.5. The van der Waals surface area contributed by atoms with E-state index in [1.165, 1.54) is 5.56 Å². The van der Waals surface area contributed by atoms with Crippen LogP contribution in [0, 0.1) is 11.3 Å². The third kappa shape index (κ3) is 3.83. The molecule has 0 unspecified atom stereocenters. The molecule has 5 nitrogen and oxygen atoms in total. The number of amides is 1. The van der Waals surface area contributed by atoms with Crippen molar-refractivity contribution in [1.82, 2.24) is 10.2 Å². The minimum Gasteiger partial charge on any atom is -0.481 e. The number of fused-ring (bicyclic) bond motifs is 1. The monoisotopic (exact) mass is 356 g/mol. The van der Waals surface area contributed by atoms with Gasteiger partial charge in [-0.25, -0.2) is 0 Å². The first-order valence-corrected chi connectivity index (χ1v) is 9.43. The number of aliphatic carboxylic acids is 1. The maximum Gasteiger partial charge on any atom is 0.311 e. The molecule has 3 atom stereocenters. The molecule has 1 heterocycles. The van der Waals surface area contributed by atoms with Crippen molar-refractivity contribution in [3.8, 4) is 0 Å². The van der Waals surface area contributed by atoms with Gasteiger partial charge in [0.2, 0.25) is 5.91 Å². The molecule has 1 saturated carbocycles. The lowest BCUT2D eigenvalue weighted by atomic mass is 9.64. The van der Waals surface area contributed by atoms with Gasteiger partial charge in [0.1, 0.15) is 0 Å². The molecule has 0 bridgehead atoms. The lowest BCUT2D eigenvalue weighted by Gasteiger charge is -2.38. The summed E-state index contributed by atoms with van der Waals surface area (Å²) in [5.41, 5.74) is 0.664. The second kappa shape index (κ2) is 8.04. The highest BCUT2D eigenvalue weighted by molar-refractivity contribution is 5.77. The van der Waals surface area contributed by atoms with E-state index in [0.29, 0.717) is 38.4 Å². The number of likely N-dealkylation sites (tertiary alicyclic amines) is 1. The van der Waals surface area contributed by atoms with Crippen molar-refractivity contribution in [1.29, 1.82) is 0 Å². The highest BCUT2D eigenvalue weighted by Crippen LogP contribution is 2.51. The van der Waals surface area contributed by atoms with E-state index in [0.717, 1.165) is 19.4 Å². The molecule has 1 aromatic carbocycles. The van der Waals surface area contributed by atoms with E-state index in [9.17, 15) is 14.7 Å². The van der Waals surface area contributed by atoms with Crippen LogP contribution in [0.25, 0.3) is 0 Å². The number of hydrogen-bond donors (Lipinski definition) is 2. The van der Waals surface area contributed by atoms with Crippen LogP contribution in [0.1, 0.15) is 37.2 Å². The summed E-state index contributed by atoms with van der Waals surface area (Å²) < 4.78 is 0. The van der Waals surface area contributed by atoms with Crippen LogP contribution in [0.5, 0.6) is 0 Å². The fraction of sp³-hybridized carbons (Fsp3) is 0.524. The van der Waals surface area contributed by atoms with Gasteiger partial charge in [-0.15, -0.1) is 6.58 Å². The van der Waals surface area contributed by atoms with Gasteiger partial charge in [-0.2, -0.15) is 0 Å². The predicted molar refractivity (Wildman–Crippen MR) is 101 cm³/mol. The van der Waals surface area contributed by atoms with Crippen molar-refractivity contribution in [2.75, 3.05) is 26.2 Å². The van der Waals surface area contributed by atoms with Gasteiger partial charge in [0.05, 0.1) is 5.41 Å². The number of carboxylic acid groups (broad SMARTS) is 1. The van der Waals surface area contributed by atoms with Gasteiger partial charge in [0, 0.05) is 32.6 Å². The molecule has 1 amide bonds. The highest BCUT2D eigenvalue weighted by atomic mass is 16.4. The Labute approximate surface area is 155 Å². The Morgan fingerprint density at radius 3 is 2.81 bits per heavy atom. The summed E-state index contributed by atoms with van der Waals surface area (Å²) in [6, 6.07) is 10.4. The van der Waals surface area contributed by atoms with E-state index in [-0.39, 0.29) is 11.8 Å². The lowest BCUT2D eigenvalue weighted by molar-refractivity contribution is -0.152. The Kier molecular flexibility index (Phi) is 5.77. The average Bonchev–Trinajstić information content (AvgIpc) is 3.04. The SMILES string of the molecule is C=CCNC(=O)CCN1C[C@@H]2C[C@@H](c3ccccc3)CC[C@]2(C(=O)O)C1. The number of benzene rings is 1. The van der Waals surface area contributed by atoms with Crippen LogP contribution >= 0.6 is 0 Å². The first-order valence-electron chi connectivity index (χ1n) is 9.43. The topological polar surface area (TPSA) is 69.6 Å². The smallest absolute Gasteiger partial charge is 0.311 e. The normalized spacial score (nSPS) is 28.3. The summed E-state index contributed by atoms with van der Waals surface area (Å²) in [6.07, 6.45) is 4.60. The molecule has 1 aromatic rings. The van der Waals surface area contributed by atoms with Crippen molar-refractivity contribution in [3.05, 3.63) is 48.6 Å². The van der Waals surface area contributed by atoms with E-state index in [1.54, 1.807) is 6.08 Å². The molecule has 2 N–H and O–H groups in total. The largest absolute Gasteiger partial charge is 0.481 e. The van der Waals surface area contributed by atoms with Crippen LogP contribution in [0.2, 0.25) is 0 Å². The number of nitrogens with zero attached hydrogens (tertiary/aromatic N) is 1. The van der Waals surface area contributed by atoms with Crippen molar-refractivity contribution in [3.63, 3.8) is 0 Å². The quantitative estimate of drug-likeness (QED) is 0.737. The standard InChI is InChI=1S/C21H28N2O3/c1-2-11-22-19(24)9-12-23-14-18-13-17(16-6-4-3-5-7-16)8-10-21(18,15-23)20(25)26/h2-7,17-18H,1,8-15H2,(H,22,24)(H,25,26)/t17-,18-,21-/m0/s1. The molecule has 0 radical (unpaired) electrons. The lowest BCUT2D eigenvalue weighted by Crippen LogP contribution is -2.42. The molecule has 5 heteroatoms. The second-order valence-corrected chi connectivity index (χ2v) is 7.62. The van der Waals surface area contributed by atoms with Crippen molar-refractivity contribution >= 4 is 11.9 Å². The van der Waals surface area contributed by atoms with Gasteiger partial charge in [-0.1, -0.05) is 36.4 Å². The van der Waals surface area contributed by atoms with E-state index >= 15 is 0 Å².